The van der Waals surface area contributed by atoms with Gasteiger partial charge in [0.05, 0.1) is 12.2 Å². The molecule has 0 aliphatic heterocycles. The molecule has 0 spiro atoms. The van der Waals surface area contributed by atoms with Crippen LogP contribution in [0.1, 0.15) is 46.5 Å². The first-order valence-electron chi connectivity index (χ1n) is 9.04. The maximum absolute atomic E-state index is 13.3. The molecule has 0 heterocycles. The molecule has 8 heteroatoms. The van der Waals surface area contributed by atoms with Gasteiger partial charge in [-0.05, 0) is 54.3 Å². The highest BCUT2D eigenvalue weighted by Gasteiger charge is 2.73. The minimum atomic E-state index is -5.46. The number of aliphatic hydroxyl groups is 1. The molecule has 0 aromatic rings. The first kappa shape index (κ1) is 19.5. The quantitative estimate of drug-likeness (QED) is 0.662. The summed E-state index contributed by atoms with van der Waals surface area (Å²) in [6.45, 7) is 4.96. The summed E-state index contributed by atoms with van der Waals surface area (Å²) in [5.74, 6) is 1.31. The van der Waals surface area contributed by atoms with Gasteiger partial charge in [0.2, 0.25) is 0 Å². The van der Waals surface area contributed by atoms with Crippen molar-refractivity contribution < 1.29 is 31.6 Å². The van der Waals surface area contributed by atoms with Gasteiger partial charge in [-0.15, -0.1) is 0 Å². The van der Waals surface area contributed by atoms with E-state index in [1.807, 2.05) is 0 Å². The van der Waals surface area contributed by atoms with Crippen LogP contribution >= 0.6 is 0 Å². The van der Waals surface area contributed by atoms with Crippen LogP contribution in [-0.4, -0.2) is 42.1 Å². The van der Waals surface area contributed by atoms with Crippen molar-refractivity contribution in [1.82, 2.24) is 0 Å². The van der Waals surface area contributed by atoms with Gasteiger partial charge in [-0.25, -0.2) is 0 Å². The molecule has 146 valence electrons. The van der Waals surface area contributed by atoms with Gasteiger partial charge in [-0.3, -0.25) is 4.55 Å². The Labute approximate surface area is 147 Å². The second-order valence-corrected chi connectivity index (χ2v) is 10.1. The van der Waals surface area contributed by atoms with Crippen LogP contribution in [0.2, 0.25) is 0 Å². The van der Waals surface area contributed by atoms with Crippen LogP contribution in [0.4, 0.5) is 8.78 Å². The Morgan fingerprint density at radius 1 is 1.36 bits per heavy atom. The Morgan fingerprint density at radius 2 is 2.00 bits per heavy atom. The molecule has 3 aliphatic rings. The highest BCUT2D eigenvalue weighted by atomic mass is 32.2. The second kappa shape index (κ2) is 5.84. The van der Waals surface area contributed by atoms with E-state index >= 15 is 0 Å². The van der Waals surface area contributed by atoms with Crippen LogP contribution < -0.4 is 0 Å². The summed E-state index contributed by atoms with van der Waals surface area (Å²) in [4.78, 5) is 0. The molecule has 0 amide bonds. The lowest BCUT2D eigenvalue weighted by atomic mass is 9.31. The highest BCUT2D eigenvalue weighted by Crippen LogP contribution is 2.75. The number of rotatable bonds is 7. The molecule has 3 fully saturated rings. The van der Waals surface area contributed by atoms with E-state index < -0.39 is 27.6 Å². The second-order valence-electron chi connectivity index (χ2n) is 8.60. The first-order chi connectivity index (χ1) is 11.4. The van der Waals surface area contributed by atoms with Gasteiger partial charge in [0.25, 0.3) is 0 Å². The molecule has 0 bridgehead atoms. The van der Waals surface area contributed by atoms with Gasteiger partial charge in [-0.1, -0.05) is 27.2 Å². The molecule has 7 atom stereocenters. The van der Waals surface area contributed by atoms with Crippen molar-refractivity contribution in [2.75, 3.05) is 13.2 Å². The summed E-state index contributed by atoms with van der Waals surface area (Å²) in [6.07, 6.45) is 3.44. The molecule has 7 unspecified atom stereocenters. The molecular weight excluding hydrogens is 354 g/mol. The molecular formula is C17H28F2O5S. The van der Waals surface area contributed by atoms with E-state index in [-0.39, 0.29) is 35.7 Å². The third-order valence-corrected chi connectivity index (χ3v) is 8.29. The summed E-state index contributed by atoms with van der Waals surface area (Å²) >= 11 is 0. The Kier molecular flexibility index (Phi) is 4.55. The van der Waals surface area contributed by atoms with Gasteiger partial charge >= 0.3 is 15.4 Å². The summed E-state index contributed by atoms with van der Waals surface area (Å²) in [7, 11) is -5.46. The predicted molar refractivity (Wildman–Crippen MR) is 87.6 cm³/mol. The zero-order valence-electron chi connectivity index (χ0n) is 14.9. The van der Waals surface area contributed by atoms with E-state index in [1.165, 1.54) is 0 Å². The standard InChI is InChI=1S/C17H28F2O5S/c1-4-10(2)17(20)11(3)5-12-6-15(7-13(17)14(12)15)8-24-9-16(18,19)25(21,22)23/h10-14,20H,4-9H2,1-3H3,(H,21,22,23). The number of hydrogen-bond acceptors (Lipinski definition) is 4. The van der Waals surface area contributed by atoms with Crippen molar-refractivity contribution in [2.45, 2.75) is 57.3 Å². The SMILES string of the molecule is CCC(C)C1(O)C(C)CC2CC3(COCC(F)(F)S(=O)(=O)O)CC1C23. The Morgan fingerprint density at radius 3 is 2.56 bits per heavy atom. The van der Waals surface area contributed by atoms with Crippen LogP contribution in [0.15, 0.2) is 0 Å². The topological polar surface area (TPSA) is 83.8 Å². The predicted octanol–water partition coefficient (Wildman–Crippen LogP) is 2.94. The van der Waals surface area contributed by atoms with Crippen molar-refractivity contribution in [1.29, 1.82) is 0 Å². The fourth-order valence-electron chi connectivity index (χ4n) is 6.03. The van der Waals surface area contributed by atoms with Crippen molar-refractivity contribution in [3.05, 3.63) is 0 Å². The van der Waals surface area contributed by atoms with E-state index in [2.05, 4.69) is 20.8 Å². The molecule has 3 aliphatic carbocycles. The summed E-state index contributed by atoms with van der Waals surface area (Å²) in [6, 6.07) is 0. The molecule has 5 nitrogen and oxygen atoms in total. The molecule has 0 aromatic heterocycles. The van der Waals surface area contributed by atoms with Crippen LogP contribution in [0, 0.1) is 35.0 Å². The molecule has 2 N–H and O–H groups in total. The summed E-state index contributed by atoms with van der Waals surface area (Å²) in [5, 5.41) is 7.06. The number of hydrogen-bond donors (Lipinski definition) is 2. The number of alkyl halides is 2. The molecule has 0 radical (unpaired) electrons. The van der Waals surface area contributed by atoms with Crippen molar-refractivity contribution in [3.8, 4) is 0 Å². The Hall–Kier alpha value is -0.310. The molecule has 3 saturated carbocycles. The molecule has 0 saturated heterocycles. The average molecular weight is 382 g/mol. The van der Waals surface area contributed by atoms with E-state index in [9.17, 15) is 22.3 Å². The van der Waals surface area contributed by atoms with Gasteiger partial charge in [0.15, 0.2) is 0 Å². The minimum absolute atomic E-state index is 0.0563. The van der Waals surface area contributed by atoms with Crippen molar-refractivity contribution in [2.24, 2.45) is 35.0 Å². The number of halogens is 2. The third kappa shape index (κ3) is 2.66. The number of ether oxygens (including phenoxy) is 1. The van der Waals surface area contributed by atoms with Crippen molar-refractivity contribution in [3.63, 3.8) is 0 Å². The van der Waals surface area contributed by atoms with Gasteiger partial charge in [-0.2, -0.15) is 17.2 Å². The maximum atomic E-state index is 13.3. The normalized spacial score (nSPS) is 44.4. The summed E-state index contributed by atoms with van der Waals surface area (Å²) in [5.41, 5.74) is -0.940. The first-order valence-corrected chi connectivity index (χ1v) is 10.5. The van der Waals surface area contributed by atoms with Gasteiger partial charge in [0, 0.05) is 0 Å². The molecule has 25 heavy (non-hydrogen) atoms. The molecule has 3 rings (SSSR count). The van der Waals surface area contributed by atoms with E-state index in [4.69, 9.17) is 9.29 Å². The minimum Gasteiger partial charge on any atom is -0.389 e. The zero-order chi connectivity index (χ0) is 18.8. The summed E-state index contributed by atoms with van der Waals surface area (Å²) < 4.78 is 61.5. The van der Waals surface area contributed by atoms with Gasteiger partial charge < -0.3 is 9.84 Å². The zero-order valence-corrected chi connectivity index (χ0v) is 15.7. The third-order valence-electron chi connectivity index (χ3n) is 7.42. The maximum Gasteiger partial charge on any atom is 0.392 e. The van der Waals surface area contributed by atoms with Gasteiger partial charge in [0.1, 0.15) is 6.61 Å². The van der Waals surface area contributed by atoms with E-state index in [1.54, 1.807) is 0 Å². The monoisotopic (exact) mass is 382 g/mol. The van der Waals surface area contributed by atoms with E-state index in [0.29, 0.717) is 5.92 Å². The average Bonchev–Trinajstić information content (AvgIpc) is 2.47. The Balaban J connectivity index is 1.65. The largest absolute Gasteiger partial charge is 0.392 e. The van der Waals surface area contributed by atoms with Crippen molar-refractivity contribution >= 4 is 10.1 Å². The van der Waals surface area contributed by atoms with Crippen LogP contribution in [0.5, 0.6) is 0 Å². The fraction of sp³-hybridized carbons (Fsp3) is 1.00. The van der Waals surface area contributed by atoms with E-state index in [0.717, 1.165) is 25.7 Å². The Bertz CT molecular complexity index is 639. The lowest BCUT2D eigenvalue weighted by Crippen LogP contribution is -2.74. The van der Waals surface area contributed by atoms with Crippen LogP contribution in [-0.2, 0) is 14.9 Å². The lowest BCUT2D eigenvalue weighted by molar-refractivity contribution is -0.318. The highest BCUT2D eigenvalue weighted by molar-refractivity contribution is 7.86. The smallest absolute Gasteiger partial charge is 0.389 e. The van der Waals surface area contributed by atoms with Crippen LogP contribution in [0.3, 0.4) is 0 Å². The fourth-order valence-corrected chi connectivity index (χ4v) is 6.27. The lowest BCUT2D eigenvalue weighted by Gasteiger charge is -2.75. The molecule has 0 aromatic carbocycles. The van der Waals surface area contributed by atoms with Crippen LogP contribution in [0.25, 0.3) is 0 Å².